The molecule has 2 bridgehead atoms. The maximum atomic E-state index is 9.21. The van der Waals surface area contributed by atoms with Crippen molar-refractivity contribution in [3.63, 3.8) is 0 Å². The highest BCUT2D eigenvalue weighted by Gasteiger charge is 2.29. The molecule has 5 nitrogen and oxygen atoms in total. The fraction of sp³-hybridized carbons (Fsp3) is 0.600. The van der Waals surface area contributed by atoms with Crippen LogP contribution in [0.2, 0.25) is 0 Å². The summed E-state index contributed by atoms with van der Waals surface area (Å²) < 4.78 is 3.08. The fourth-order valence-electron chi connectivity index (χ4n) is 2.16. The van der Waals surface area contributed by atoms with Crippen LogP contribution in [0.4, 0.5) is 9.59 Å². The second-order valence-corrected chi connectivity index (χ2v) is 3.81. The predicted octanol–water partition coefficient (Wildman–Crippen LogP) is 2.72. The second-order valence-electron chi connectivity index (χ2n) is 3.81. The standard InChI is InChI=1S/C8H12.C2H2O5/c1-6-4-7-2-3-8(6)5-7;3-1(4)7-2(5)6/h4,7-8H,2-3,5H2,1H3;(H,3,4)(H,5,6). The lowest BCUT2D eigenvalue weighted by Crippen LogP contribution is -2.05. The van der Waals surface area contributed by atoms with Gasteiger partial charge in [0.1, 0.15) is 0 Å². The summed E-state index contributed by atoms with van der Waals surface area (Å²) in [5.74, 6) is 1.99. The molecule has 0 aromatic heterocycles. The van der Waals surface area contributed by atoms with Gasteiger partial charge in [-0.2, -0.15) is 0 Å². The van der Waals surface area contributed by atoms with E-state index in [1.54, 1.807) is 5.57 Å². The largest absolute Gasteiger partial charge is 0.516 e. The summed E-state index contributed by atoms with van der Waals surface area (Å²) in [6.45, 7) is 2.28. The van der Waals surface area contributed by atoms with Gasteiger partial charge in [0.15, 0.2) is 0 Å². The number of allylic oxidation sites excluding steroid dienone is 2. The highest BCUT2D eigenvalue weighted by atomic mass is 16.7. The van der Waals surface area contributed by atoms with Gasteiger partial charge in [0.25, 0.3) is 0 Å². The second kappa shape index (κ2) is 4.82. The van der Waals surface area contributed by atoms with Crippen LogP contribution in [0.15, 0.2) is 11.6 Å². The van der Waals surface area contributed by atoms with E-state index in [9.17, 15) is 9.59 Å². The molecule has 0 aromatic rings. The summed E-state index contributed by atoms with van der Waals surface area (Å²) in [5, 5.41) is 15.0. The lowest BCUT2D eigenvalue weighted by atomic mass is 10.0. The van der Waals surface area contributed by atoms with Crippen LogP contribution >= 0.6 is 0 Å². The van der Waals surface area contributed by atoms with E-state index in [0.717, 1.165) is 11.8 Å². The molecule has 15 heavy (non-hydrogen) atoms. The van der Waals surface area contributed by atoms with Crippen LogP contribution < -0.4 is 0 Å². The molecule has 0 aliphatic heterocycles. The van der Waals surface area contributed by atoms with Gasteiger partial charge in [-0.25, -0.2) is 9.59 Å². The van der Waals surface area contributed by atoms with Crippen LogP contribution in [0.3, 0.4) is 0 Å². The van der Waals surface area contributed by atoms with Crippen LogP contribution in [0.25, 0.3) is 0 Å². The maximum Gasteiger partial charge on any atom is 0.516 e. The van der Waals surface area contributed by atoms with E-state index in [4.69, 9.17) is 10.2 Å². The van der Waals surface area contributed by atoms with E-state index in [1.807, 2.05) is 0 Å². The normalized spacial score (nSPS) is 26.3. The van der Waals surface area contributed by atoms with Gasteiger partial charge in [-0.3, -0.25) is 0 Å². The minimum atomic E-state index is -1.81. The quantitative estimate of drug-likeness (QED) is 0.368. The average Bonchev–Trinajstić information content (AvgIpc) is 2.62. The molecule has 2 atom stereocenters. The summed E-state index contributed by atoms with van der Waals surface area (Å²) in [5.41, 5.74) is 1.67. The van der Waals surface area contributed by atoms with Gasteiger partial charge >= 0.3 is 12.3 Å². The molecule has 84 valence electrons. The van der Waals surface area contributed by atoms with Gasteiger partial charge in [0, 0.05) is 0 Å². The molecule has 2 rings (SSSR count). The van der Waals surface area contributed by atoms with Crippen molar-refractivity contribution >= 4 is 12.3 Å². The Morgan fingerprint density at radius 2 is 1.93 bits per heavy atom. The van der Waals surface area contributed by atoms with Crippen molar-refractivity contribution in [3.8, 4) is 0 Å². The van der Waals surface area contributed by atoms with Gasteiger partial charge in [0.05, 0.1) is 0 Å². The van der Waals surface area contributed by atoms with Crippen LogP contribution in [0.1, 0.15) is 26.2 Å². The van der Waals surface area contributed by atoms with E-state index >= 15 is 0 Å². The molecule has 0 heterocycles. The van der Waals surface area contributed by atoms with Crippen LogP contribution in [0, 0.1) is 11.8 Å². The van der Waals surface area contributed by atoms with Crippen molar-refractivity contribution in [2.75, 3.05) is 0 Å². The zero-order valence-electron chi connectivity index (χ0n) is 8.47. The van der Waals surface area contributed by atoms with Gasteiger partial charge in [0.2, 0.25) is 0 Å². The summed E-state index contributed by atoms with van der Waals surface area (Å²) in [6.07, 6.45) is 3.27. The number of hydrogen-bond donors (Lipinski definition) is 2. The average molecular weight is 214 g/mol. The molecule has 0 amide bonds. The van der Waals surface area contributed by atoms with Crippen molar-refractivity contribution in [2.24, 2.45) is 11.8 Å². The van der Waals surface area contributed by atoms with E-state index in [1.165, 1.54) is 19.3 Å². The van der Waals surface area contributed by atoms with Crippen LogP contribution in [-0.2, 0) is 4.74 Å². The van der Waals surface area contributed by atoms with Crippen molar-refractivity contribution in [1.82, 2.24) is 0 Å². The molecule has 2 aliphatic rings. The van der Waals surface area contributed by atoms with E-state index in [2.05, 4.69) is 17.7 Å². The summed E-state index contributed by atoms with van der Waals surface area (Å²) >= 11 is 0. The minimum absolute atomic E-state index is 0.986. The lowest BCUT2D eigenvalue weighted by Gasteiger charge is -2.05. The smallest absolute Gasteiger partial charge is 0.449 e. The molecule has 2 unspecified atom stereocenters. The van der Waals surface area contributed by atoms with Crippen molar-refractivity contribution in [3.05, 3.63) is 11.6 Å². The first-order chi connectivity index (χ1) is 6.99. The predicted molar refractivity (Wildman–Crippen MR) is 51.7 cm³/mol. The van der Waals surface area contributed by atoms with E-state index in [0.29, 0.717) is 0 Å². The first-order valence-electron chi connectivity index (χ1n) is 4.81. The SMILES string of the molecule is CC1=CC2CCC1C2.O=C(O)OC(=O)O. The Morgan fingerprint density at radius 3 is 2.07 bits per heavy atom. The van der Waals surface area contributed by atoms with Gasteiger partial charge in [-0.1, -0.05) is 11.6 Å². The van der Waals surface area contributed by atoms with Gasteiger partial charge < -0.3 is 14.9 Å². The Labute approximate surface area is 87.4 Å². The first-order valence-corrected chi connectivity index (χ1v) is 4.81. The maximum absolute atomic E-state index is 9.21. The Balaban J connectivity index is 0.000000153. The van der Waals surface area contributed by atoms with E-state index < -0.39 is 12.3 Å². The molecule has 0 aromatic carbocycles. The Morgan fingerprint density at radius 1 is 1.33 bits per heavy atom. The Hall–Kier alpha value is -1.52. The number of rotatable bonds is 0. The number of carboxylic acid groups (broad SMARTS) is 2. The van der Waals surface area contributed by atoms with Gasteiger partial charge in [-0.05, 0) is 38.0 Å². The number of fused-ring (bicyclic) bond motifs is 2. The van der Waals surface area contributed by atoms with Crippen LogP contribution in [-0.4, -0.2) is 22.5 Å². The highest BCUT2D eigenvalue weighted by Crippen LogP contribution is 2.42. The minimum Gasteiger partial charge on any atom is -0.449 e. The highest BCUT2D eigenvalue weighted by molar-refractivity contribution is 5.74. The fourth-order valence-corrected chi connectivity index (χ4v) is 2.16. The zero-order chi connectivity index (χ0) is 11.4. The van der Waals surface area contributed by atoms with Crippen molar-refractivity contribution < 1.29 is 24.5 Å². The monoisotopic (exact) mass is 214 g/mol. The molecule has 1 saturated carbocycles. The number of ether oxygens (including phenoxy) is 1. The lowest BCUT2D eigenvalue weighted by molar-refractivity contribution is 0.0802. The van der Waals surface area contributed by atoms with E-state index in [-0.39, 0.29) is 0 Å². The Kier molecular flexibility index (Phi) is 3.71. The number of carbonyl (C=O) groups is 2. The topological polar surface area (TPSA) is 83.8 Å². The Bertz CT molecular complexity index is 282. The third kappa shape index (κ3) is 3.61. The van der Waals surface area contributed by atoms with Crippen molar-refractivity contribution in [2.45, 2.75) is 26.2 Å². The molecule has 5 heteroatoms. The molecule has 2 N–H and O–H groups in total. The third-order valence-electron chi connectivity index (χ3n) is 2.79. The molecular formula is C10H14O5. The van der Waals surface area contributed by atoms with Crippen LogP contribution in [0.5, 0.6) is 0 Å². The third-order valence-corrected chi connectivity index (χ3v) is 2.79. The van der Waals surface area contributed by atoms with Gasteiger partial charge in [-0.15, -0.1) is 0 Å². The summed E-state index contributed by atoms with van der Waals surface area (Å²) in [7, 11) is 0. The molecule has 0 saturated heterocycles. The summed E-state index contributed by atoms with van der Waals surface area (Å²) in [6, 6.07) is 0. The molecule has 2 aliphatic carbocycles. The molecule has 1 fully saturated rings. The molecule has 0 spiro atoms. The zero-order valence-corrected chi connectivity index (χ0v) is 8.47. The first kappa shape index (κ1) is 11.6. The number of hydrogen-bond acceptors (Lipinski definition) is 3. The van der Waals surface area contributed by atoms with Crippen molar-refractivity contribution in [1.29, 1.82) is 0 Å². The molecule has 0 radical (unpaired) electrons. The molecular weight excluding hydrogens is 200 g/mol. The summed E-state index contributed by atoms with van der Waals surface area (Å²) in [4.78, 5) is 18.4.